The first-order valence-electron chi connectivity index (χ1n) is 9.41. The summed E-state index contributed by atoms with van der Waals surface area (Å²) in [5, 5.41) is 0. The van der Waals surface area contributed by atoms with Crippen molar-refractivity contribution in [1.29, 1.82) is 0 Å². The molecule has 0 aliphatic carbocycles. The summed E-state index contributed by atoms with van der Waals surface area (Å²) < 4.78 is 23.4. The third-order valence-electron chi connectivity index (χ3n) is 4.65. The zero-order chi connectivity index (χ0) is 20.1. The molecule has 0 saturated carbocycles. The molecule has 3 rings (SSSR count). The Hall–Kier alpha value is -2.55. The van der Waals surface area contributed by atoms with Crippen LogP contribution >= 0.6 is 7.82 Å². The third-order valence-corrected chi connectivity index (χ3v) is 5.52. The zero-order valence-electron chi connectivity index (χ0n) is 16.4. The van der Waals surface area contributed by atoms with E-state index in [1.54, 1.807) is 18.2 Å². The Balaban J connectivity index is 1.92. The number of phosphoric acid groups is 1. The Bertz CT molecular complexity index is 996. The predicted octanol–water partition coefficient (Wildman–Crippen LogP) is 6.35. The summed E-state index contributed by atoms with van der Waals surface area (Å²) in [6.45, 7) is 6.11. The number of hydrogen-bond acceptors (Lipinski definition) is 3. The van der Waals surface area contributed by atoms with Gasteiger partial charge < -0.3 is 9.05 Å². The second-order valence-electron chi connectivity index (χ2n) is 6.65. The fourth-order valence-corrected chi connectivity index (χ4v) is 3.86. The first-order chi connectivity index (χ1) is 13.4. The van der Waals surface area contributed by atoms with Gasteiger partial charge in [0.1, 0.15) is 11.5 Å². The number of hydrogen-bond donors (Lipinski definition) is 1. The van der Waals surface area contributed by atoms with Crippen LogP contribution in [0.3, 0.4) is 0 Å². The third kappa shape index (κ3) is 4.83. The molecule has 3 aromatic rings. The minimum atomic E-state index is -4.35. The molecule has 0 spiro atoms. The van der Waals surface area contributed by atoms with E-state index in [0.717, 1.165) is 40.7 Å². The highest BCUT2D eigenvalue weighted by molar-refractivity contribution is 7.48. The molecular formula is C23H25O4P. The second kappa shape index (κ2) is 8.64. The lowest BCUT2D eigenvalue weighted by atomic mass is 9.97. The Morgan fingerprint density at radius 2 is 1.46 bits per heavy atom. The molecule has 0 saturated heterocycles. The molecule has 1 unspecified atom stereocenters. The van der Waals surface area contributed by atoms with Crippen LogP contribution in [0.25, 0.3) is 11.1 Å². The van der Waals surface area contributed by atoms with Crippen LogP contribution in [0.2, 0.25) is 0 Å². The molecule has 0 radical (unpaired) electrons. The standard InChI is InChI=1S/C23H25O4P/c1-4-18-10-13-20(14-11-18)26-28(24,25)27-23-15-12-19(5-2)16-22(23)21-9-7-6-8-17(21)3/h6-16H,4-5H2,1-3H3,(H,24,25). The molecule has 0 bridgehead atoms. The molecule has 4 nitrogen and oxygen atoms in total. The van der Waals surface area contributed by atoms with Gasteiger partial charge in [0.25, 0.3) is 0 Å². The minimum absolute atomic E-state index is 0.297. The van der Waals surface area contributed by atoms with E-state index in [4.69, 9.17) is 9.05 Å². The van der Waals surface area contributed by atoms with E-state index < -0.39 is 7.82 Å². The monoisotopic (exact) mass is 396 g/mol. The van der Waals surface area contributed by atoms with Crippen molar-refractivity contribution in [3.05, 3.63) is 83.4 Å². The SMILES string of the molecule is CCc1ccc(OP(=O)(O)Oc2ccc(CC)cc2-c2ccccc2C)cc1. The summed E-state index contributed by atoms with van der Waals surface area (Å²) in [6.07, 6.45) is 1.74. The maximum absolute atomic E-state index is 12.6. The van der Waals surface area contributed by atoms with Gasteiger partial charge in [-0.15, -0.1) is 0 Å². The van der Waals surface area contributed by atoms with Gasteiger partial charge in [-0.05, 0) is 66.3 Å². The average Bonchev–Trinajstić information content (AvgIpc) is 2.69. The summed E-state index contributed by atoms with van der Waals surface area (Å²) in [4.78, 5) is 10.3. The highest BCUT2D eigenvalue weighted by Gasteiger charge is 2.27. The Morgan fingerprint density at radius 3 is 2.11 bits per heavy atom. The highest BCUT2D eigenvalue weighted by Crippen LogP contribution is 2.47. The Morgan fingerprint density at radius 1 is 0.821 bits per heavy atom. The van der Waals surface area contributed by atoms with Gasteiger partial charge in [0.2, 0.25) is 0 Å². The van der Waals surface area contributed by atoms with Crippen molar-refractivity contribution in [2.75, 3.05) is 0 Å². The van der Waals surface area contributed by atoms with Crippen LogP contribution in [-0.2, 0) is 17.4 Å². The van der Waals surface area contributed by atoms with Crippen LogP contribution in [-0.4, -0.2) is 4.89 Å². The summed E-state index contributed by atoms with van der Waals surface area (Å²) in [7, 11) is -4.35. The van der Waals surface area contributed by atoms with Crippen molar-refractivity contribution >= 4 is 7.82 Å². The molecule has 28 heavy (non-hydrogen) atoms. The van der Waals surface area contributed by atoms with Crippen molar-refractivity contribution in [1.82, 2.24) is 0 Å². The predicted molar refractivity (Wildman–Crippen MR) is 113 cm³/mol. The van der Waals surface area contributed by atoms with Crippen LogP contribution in [0, 0.1) is 6.92 Å². The molecule has 1 atom stereocenters. The lowest BCUT2D eigenvalue weighted by molar-refractivity contribution is 0.291. The maximum atomic E-state index is 12.6. The van der Waals surface area contributed by atoms with E-state index >= 15 is 0 Å². The molecular weight excluding hydrogens is 371 g/mol. The number of phosphoric ester groups is 1. The summed E-state index contributed by atoms with van der Waals surface area (Å²) in [6, 6.07) is 20.6. The lowest BCUT2D eigenvalue weighted by Gasteiger charge is -2.18. The largest absolute Gasteiger partial charge is 0.584 e. The average molecular weight is 396 g/mol. The molecule has 3 aromatic carbocycles. The van der Waals surface area contributed by atoms with Gasteiger partial charge in [0.05, 0.1) is 0 Å². The maximum Gasteiger partial charge on any atom is 0.584 e. The van der Waals surface area contributed by atoms with Crippen LogP contribution < -0.4 is 9.05 Å². The summed E-state index contributed by atoms with van der Waals surface area (Å²) in [5.41, 5.74) is 5.04. The summed E-state index contributed by atoms with van der Waals surface area (Å²) in [5.74, 6) is 0.619. The molecule has 0 fully saturated rings. The summed E-state index contributed by atoms with van der Waals surface area (Å²) >= 11 is 0. The van der Waals surface area contributed by atoms with E-state index in [2.05, 4.69) is 6.92 Å². The van der Waals surface area contributed by atoms with Gasteiger partial charge in [-0.2, -0.15) is 0 Å². The second-order valence-corrected chi connectivity index (χ2v) is 7.95. The van der Waals surface area contributed by atoms with E-state index in [9.17, 15) is 9.46 Å². The molecule has 0 aliphatic heterocycles. The molecule has 0 heterocycles. The Labute approximate surface area is 166 Å². The van der Waals surface area contributed by atoms with Crippen molar-refractivity contribution in [3.63, 3.8) is 0 Å². The van der Waals surface area contributed by atoms with Crippen molar-refractivity contribution < 1.29 is 18.5 Å². The van der Waals surface area contributed by atoms with Gasteiger partial charge in [0, 0.05) is 5.56 Å². The van der Waals surface area contributed by atoms with E-state index in [1.807, 2.05) is 62.4 Å². The van der Waals surface area contributed by atoms with E-state index in [1.165, 1.54) is 0 Å². The normalized spacial score (nSPS) is 13.0. The molecule has 1 N–H and O–H groups in total. The smallest absolute Gasteiger partial charge is 0.395 e. The molecule has 146 valence electrons. The van der Waals surface area contributed by atoms with Gasteiger partial charge in [-0.3, -0.25) is 4.89 Å². The van der Waals surface area contributed by atoms with Crippen molar-refractivity contribution in [3.8, 4) is 22.6 Å². The fraction of sp³-hybridized carbons (Fsp3) is 0.217. The molecule has 0 amide bonds. The molecule has 5 heteroatoms. The first-order valence-corrected chi connectivity index (χ1v) is 10.9. The Kier molecular flexibility index (Phi) is 6.23. The molecule has 0 aromatic heterocycles. The highest BCUT2D eigenvalue weighted by atomic mass is 31.2. The van der Waals surface area contributed by atoms with Crippen LogP contribution in [0.5, 0.6) is 11.5 Å². The lowest BCUT2D eigenvalue weighted by Crippen LogP contribution is -2.02. The zero-order valence-corrected chi connectivity index (χ0v) is 17.3. The fourth-order valence-electron chi connectivity index (χ4n) is 3.02. The van der Waals surface area contributed by atoms with Gasteiger partial charge >= 0.3 is 7.82 Å². The van der Waals surface area contributed by atoms with Gasteiger partial charge in [-0.25, -0.2) is 4.57 Å². The van der Waals surface area contributed by atoms with Crippen LogP contribution in [0.1, 0.15) is 30.5 Å². The number of benzene rings is 3. The van der Waals surface area contributed by atoms with Crippen LogP contribution in [0.15, 0.2) is 66.7 Å². The number of aryl methyl sites for hydroxylation is 3. The van der Waals surface area contributed by atoms with E-state index in [-0.39, 0.29) is 0 Å². The molecule has 0 aliphatic rings. The minimum Gasteiger partial charge on any atom is -0.395 e. The number of rotatable bonds is 7. The van der Waals surface area contributed by atoms with Gasteiger partial charge in [0.15, 0.2) is 0 Å². The van der Waals surface area contributed by atoms with Crippen LogP contribution in [0.4, 0.5) is 0 Å². The van der Waals surface area contributed by atoms with Crippen molar-refractivity contribution in [2.45, 2.75) is 33.6 Å². The topological polar surface area (TPSA) is 55.8 Å². The van der Waals surface area contributed by atoms with E-state index in [0.29, 0.717) is 11.5 Å². The quantitative estimate of drug-likeness (QED) is 0.473. The van der Waals surface area contributed by atoms with Crippen molar-refractivity contribution in [2.24, 2.45) is 0 Å². The van der Waals surface area contributed by atoms with Gasteiger partial charge in [-0.1, -0.05) is 56.3 Å². The first kappa shape index (κ1) is 20.2.